The van der Waals surface area contributed by atoms with Crippen LogP contribution in [0.4, 0.5) is 0 Å². The monoisotopic (exact) mass is 231 g/mol. The Balaban J connectivity index is 2.26. The van der Waals surface area contributed by atoms with Gasteiger partial charge in [-0.3, -0.25) is 9.97 Å². The van der Waals surface area contributed by atoms with Crippen molar-refractivity contribution in [2.75, 3.05) is 0 Å². The SMILES string of the molecule is N#Cc1cccc2ncc(-c3ccccn3)cc12. The van der Waals surface area contributed by atoms with E-state index < -0.39 is 0 Å². The van der Waals surface area contributed by atoms with Gasteiger partial charge in [-0.25, -0.2) is 0 Å². The molecular weight excluding hydrogens is 222 g/mol. The van der Waals surface area contributed by atoms with Crippen molar-refractivity contribution in [1.82, 2.24) is 9.97 Å². The summed E-state index contributed by atoms with van der Waals surface area (Å²) in [7, 11) is 0. The van der Waals surface area contributed by atoms with Gasteiger partial charge in [0, 0.05) is 23.3 Å². The fraction of sp³-hybridized carbons (Fsp3) is 0. The molecule has 2 heterocycles. The maximum absolute atomic E-state index is 9.10. The molecule has 0 atom stereocenters. The molecule has 0 bridgehead atoms. The third-order valence-electron chi connectivity index (χ3n) is 2.81. The van der Waals surface area contributed by atoms with E-state index >= 15 is 0 Å². The highest BCUT2D eigenvalue weighted by Gasteiger charge is 2.04. The molecule has 3 heteroatoms. The van der Waals surface area contributed by atoms with E-state index in [0.717, 1.165) is 22.2 Å². The average Bonchev–Trinajstić information content (AvgIpc) is 2.47. The second kappa shape index (κ2) is 4.27. The minimum atomic E-state index is 0.637. The Morgan fingerprint density at radius 3 is 2.72 bits per heavy atom. The van der Waals surface area contributed by atoms with Crippen LogP contribution in [0.25, 0.3) is 22.2 Å². The molecule has 0 fully saturated rings. The number of rotatable bonds is 1. The van der Waals surface area contributed by atoms with Crippen molar-refractivity contribution in [1.29, 1.82) is 5.26 Å². The Bertz CT molecular complexity index is 743. The van der Waals surface area contributed by atoms with Gasteiger partial charge < -0.3 is 0 Å². The van der Waals surface area contributed by atoms with Gasteiger partial charge in [0.05, 0.1) is 22.8 Å². The van der Waals surface area contributed by atoms with E-state index in [1.807, 2.05) is 36.4 Å². The van der Waals surface area contributed by atoms with E-state index in [-0.39, 0.29) is 0 Å². The molecular formula is C15H9N3. The van der Waals surface area contributed by atoms with Gasteiger partial charge >= 0.3 is 0 Å². The molecule has 0 unspecified atom stereocenters. The van der Waals surface area contributed by atoms with Gasteiger partial charge in [0.2, 0.25) is 0 Å². The van der Waals surface area contributed by atoms with Crippen LogP contribution in [0.15, 0.2) is 54.9 Å². The van der Waals surface area contributed by atoms with Gasteiger partial charge in [0.15, 0.2) is 0 Å². The van der Waals surface area contributed by atoms with Crippen LogP contribution in [0.3, 0.4) is 0 Å². The summed E-state index contributed by atoms with van der Waals surface area (Å²) in [4.78, 5) is 8.66. The molecule has 18 heavy (non-hydrogen) atoms. The second-order valence-electron chi connectivity index (χ2n) is 3.92. The maximum atomic E-state index is 9.10. The van der Waals surface area contributed by atoms with Gasteiger partial charge in [-0.1, -0.05) is 12.1 Å². The summed E-state index contributed by atoms with van der Waals surface area (Å²) in [5, 5.41) is 9.97. The van der Waals surface area contributed by atoms with Gasteiger partial charge in [-0.2, -0.15) is 5.26 Å². The molecule has 0 radical (unpaired) electrons. The van der Waals surface area contributed by atoms with Crippen molar-refractivity contribution in [3.05, 3.63) is 60.4 Å². The highest BCUT2D eigenvalue weighted by Crippen LogP contribution is 2.23. The third-order valence-corrected chi connectivity index (χ3v) is 2.81. The number of aromatic nitrogens is 2. The zero-order valence-electron chi connectivity index (χ0n) is 9.54. The van der Waals surface area contributed by atoms with Crippen molar-refractivity contribution in [2.45, 2.75) is 0 Å². The molecule has 0 aliphatic heterocycles. The van der Waals surface area contributed by atoms with Crippen molar-refractivity contribution in [2.24, 2.45) is 0 Å². The number of benzene rings is 1. The summed E-state index contributed by atoms with van der Waals surface area (Å²) in [6.45, 7) is 0. The molecule has 0 aliphatic rings. The van der Waals surface area contributed by atoms with Crippen LogP contribution in [-0.4, -0.2) is 9.97 Å². The summed E-state index contributed by atoms with van der Waals surface area (Å²) in [5.41, 5.74) is 3.25. The molecule has 1 aromatic carbocycles. The number of fused-ring (bicyclic) bond motifs is 1. The van der Waals surface area contributed by atoms with E-state index in [4.69, 9.17) is 5.26 Å². The van der Waals surface area contributed by atoms with E-state index in [0.29, 0.717) is 5.56 Å². The molecule has 0 saturated carbocycles. The number of hydrogen-bond donors (Lipinski definition) is 0. The quantitative estimate of drug-likeness (QED) is 0.646. The van der Waals surface area contributed by atoms with Crippen LogP contribution in [0.2, 0.25) is 0 Å². The average molecular weight is 231 g/mol. The first-order valence-corrected chi connectivity index (χ1v) is 5.59. The Kier molecular flexibility index (Phi) is 2.47. The second-order valence-corrected chi connectivity index (χ2v) is 3.92. The Morgan fingerprint density at radius 2 is 1.94 bits per heavy atom. The van der Waals surface area contributed by atoms with Gasteiger partial charge in [-0.05, 0) is 30.3 Å². The lowest BCUT2D eigenvalue weighted by molar-refractivity contribution is 1.30. The fourth-order valence-electron chi connectivity index (χ4n) is 1.92. The molecule has 0 N–H and O–H groups in total. The van der Waals surface area contributed by atoms with Crippen LogP contribution < -0.4 is 0 Å². The number of nitriles is 1. The van der Waals surface area contributed by atoms with Gasteiger partial charge in [-0.15, -0.1) is 0 Å². The van der Waals surface area contributed by atoms with E-state index in [2.05, 4.69) is 16.0 Å². The maximum Gasteiger partial charge on any atom is 0.0998 e. The topological polar surface area (TPSA) is 49.6 Å². The summed E-state index contributed by atoms with van der Waals surface area (Å²) < 4.78 is 0. The standard InChI is InChI=1S/C15H9N3/c16-9-11-4-3-6-15-13(11)8-12(10-18-15)14-5-1-2-7-17-14/h1-8,10H. The van der Waals surface area contributed by atoms with Crippen molar-refractivity contribution < 1.29 is 0 Å². The Morgan fingerprint density at radius 1 is 1.00 bits per heavy atom. The van der Waals surface area contributed by atoms with E-state index in [9.17, 15) is 0 Å². The first-order valence-electron chi connectivity index (χ1n) is 5.59. The van der Waals surface area contributed by atoms with Crippen LogP contribution in [0.5, 0.6) is 0 Å². The molecule has 0 aliphatic carbocycles. The number of pyridine rings is 2. The lowest BCUT2D eigenvalue weighted by atomic mass is 10.1. The largest absolute Gasteiger partial charge is 0.256 e. The van der Waals surface area contributed by atoms with Crippen LogP contribution in [0, 0.1) is 11.3 Å². The third kappa shape index (κ3) is 1.70. The predicted molar refractivity (Wildman–Crippen MR) is 69.7 cm³/mol. The first-order chi connectivity index (χ1) is 8.88. The first kappa shape index (κ1) is 10.4. The lowest BCUT2D eigenvalue weighted by Crippen LogP contribution is -1.87. The highest BCUT2D eigenvalue weighted by molar-refractivity contribution is 5.87. The van der Waals surface area contributed by atoms with Crippen LogP contribution >= 0.6 is 0 Å². The normalized spacial score (nSPS) is 10.2. The van der Waals surface area contributed by atoms with Crippen molar-refractivity contribution >= 4 is 10.9 Å². The van der Waals surface area contributed by atoms with Crippen LogP contribution in [-0.2, 0) is 0 Å². The smallest absolute Gasteiger partial charge is 0.0998 e. The zero-order chi connectivity index (χ0) is 12.4. The van der Waals surface area contributed by atoms with Crippen LogP contribution in [0.1, 0.15) is 5.56 Å². The summed E-state index contributed by atoms with van der Waals surface area (Å²) >= 11 is 0. The van der Waals surface area contributed by atoms with E-state index in [1.54, 1.807) is 18.5 Å². The number of hydrogen-bond acceptors (Lipinski definition) is 3. The van der Waals surface area contributed by atoms with Crippen molar-refractivity contribution in [3.8, 4) is 17.3 Å². The Hall–Kier alpha value is -2.73. The molecule has 0 saturated heterocycles. The minimum Gasteiger partial charge on any atom is -0.256 e. The Labute approximate surface area is 104 Å². The lowest BCUT2D eigenvalue weighted by Gasteiger charge is -2.03. The highest BCUT2D eigenvalue weighted by atomic mass is 14.7. The summed E-state index contributed by atoms with van der Waals surface area (Å²) in [6, 6.07) is 15.4. The fourth-order valence-corrected chi connectivity index (χ4v) is 1.92. The number of nitrogens with zero attached hydrogens (tertiary/aromatic N) is 3. The molecule has 0 spiro atoms. The molecule has 0 amide bonds. The summed E-state index contributed by atoms with van der Waals surface area (Å²) in [5.74, 6) is 0. The van der Waals surface area contributed by atoms with Gasteiger partial charge in [0.25, 0.3) is 0 Å². The minimum absolute atomic E-state index is 0.637. The molecule has 84 valence electrons. The van der Waals surface area contributed by atoms with Crippen molar-refractivity contribution in [3.63, 3.8) is 0 Å². The molecule has 2 aromatic heterocycles. The van der Waals surface area contributed by atoms with Gasteiger partial charge in [0.1, 0.15) is 0 Å². The predicted octanol–water partition coefficient (Wildman–Crippen LogP) is 3.17. The molecule has 3 rings (SSSR count). The molecule has 3 aromatic rings. The zero-order valence-corrected chi connectivity index (χ0v) is 9.54. The van der Waals surface area contributed by atoms with E-state index in [1.165, 1.54) is 0 Å². The molecule has 3 nitrogen and oxygen atoms in total. The summed E-state index contributed by atoms with van der Waals surface area (Å²) in [6.07, 6.45) is 3.53.